The van der Waals surface area contributed by atoms with E-state index in [0.29, 0.717) is 23.6 Å². The number of para-hydroxylation sites is 1. The van der Waals surface area contributed by atoms with Gasteiger partial charge >= 0.3 is 0 Å². The van der Waals surface area contributed by atoms with Gasteiger partial charge in [-0.25, -0.2) is 17.9 Å². The van der Waals surface area contributed by atoms with Gasteiger partial charge in [-0.1, -0.05) is 23.7 Å². The molecule has 1 atom stereocenters. The maximum atomic E-state index is 12.0. The van der Waals surface area contributed by atoms with Crippen molar-refractivity contribution < 1.29 is 8.42 Å². The Kier molecular flexibility index (Phi) is 4.94. The molecule has 8 nitrogen and oxygen atoms in total. The number of aryl methyl sites for hydroxylation is 2. The minimum absolute atomic E-state index is 0.0957. The lowest BCUT2D eigenvalue weighted by Gasteiger charge is -2.21. The van der Waals surface area contributed by atoms with Crippen LogP contribution in [-0.4, -0.2) is 51.3 Å². The van der Waals surface area contributed by atoms with Crippen LogP contribution in [-0.2, 0) is 16.4 Å². The lowest BCUT2D eigenvalue weighted by molar-refractivity contribution is 0.485. The molecule has 10 heteroatoms. The van der Waals surface area contributed by atoms with Crippen molar-refractivity contribution >= 4 is 43.8 Å². The van der Waals surface area contributed by atoms with Crippen LogP contribution in [0.2, 0.25) is 5.02 Å². The first-order valence-corrected chi connectivity index (χ1v) is 12.8. The van der Waals surface area contributed by atoms with E-state index in [1.165, 1.54) is 0 Å². The van der Waals surface area contributed by atoms with Gasteiger partial charge in [-0.2, -0.15) is 10.2 Å². The van der Waals surface area contributed by atoms with E-state index in [2.05, 4.69) is 10.00 Å². The summed E-state index contributed by atoms with van der Waals surface area (Å²) in [7, 11) is -0.981. The largest absolute Gasteiger partial charge is 0.355 e. The molecule has 32 heavy (non-hydrogen) atoms. The van der Waals surface area contributed by atoms with E-state index in [9.17, 15) is 8.42 Å². The molecule has 0 aliphatic carbocycles. The molecule has 1 aromatic carbocycles. The molecule has 168 valence electrons. The molecular weight excluding hydrogens is 448 g/mol. The number of benzene rings is 1. The van der Waals surface area contributed by atoms with Crippen LogP contribution in [0, 0.1) is 20.8 Å². The van der Waals surface area contributed by atoms with Crippen LogP contribution >= 0.6 is 11.6 Å². The summed E-state index contributed by atoms with van der Waals surface area (Å²) in [6, 6.07) is 7.91. The summed E-state index contributed by atoms with van der Waals surface area (Å²) < 4.78 is 27.6. The highest BCUT2D eigenvalue weighted by Crippen LogP contribution is 2.32. The van der Waals surface area contributed by atoms with Gasteiger partial charge in [0, 0.05) is 30.2 Å². The van der Waals surface area contributed by atoms with Gasteiger partial charge < -0.3 is 4.90 Å². The van der Waals surface area contributed by atoms with Gasteiger partial charge in [0.15, 0.2) is 15.5 Å². The molecule has 0 amide bonds. The van der Waals surface area contributed by atoms with Crippen molar-refractivity contribution in [3.8, 4) is 0 Å². The van der Waals surface area contributed by atoms with Crippen molar-refractivity contribution in [2.75, 3.05) is 23.5 Å². The van der Waals surface area contributed by atoms with Crippen molar-refractivity contribution in [2.45, 2.75) is 39.8 Å². The van der Waals surface area contributed by atoms with Crippen molar-refractivity contribution in [1.82, 2.24) is 24.4 Å². The highest BCUT2D eigenvalue weighted by atomic mass is 35.5. The first kappa shape index (κ1) is 21.2. The Labute approximate surface area is 191 Å². The van der Waals surface area contributed by atoms with Gasteiger partial charge in [0.05, 0.1) is 34.5 Å². The van der Waals surface area contributed by atoms with E-state index in [1.807, 2.05) is 56.8 Å². The number of halogens is 1. The average molecular weight is 473 g/mol. The number of aromatic nitrogens is 5. The summed E-state index contributed by atoms with van der Waals surface area (Å²) in [6.07, 6.45) is 0.613. The normalized spacial score (nSPS) is 18.1. The van der Waals surface area contributed by atoms with E-state index < -0.39 is 9.84 Å². The SMILES string of the molecule is Cc1nn(C2CCS(=O)(=O)C2)c(C)c1CN(C)c1nc2c(Cl)c(C)nn2c2ccccc12. The first-order chi connectivity index (χ1) is 15.2. The average Bonchev–Trinajstić information content (AvgIpc) is 3.36. The van der Waals surface area contributed by atoms with Crippen LogP contribution in [0.3, 0.4) is 0 Å². The van der Waals surface area contributed by atoms with Gasteiger partial charge in [0.1, 0.15) is 10.8 Å². The summed E-state index contributed by atoms with van der Waals surface area (Å²) in [5.41, 5.74) is 5.30. The maximum Gasteiger partial charge on any atom is 0.176 e. The highest BCUT2D eigenvalue weighted by Gasteiger charge is 2.31. The van der Waals surface area contributed by atoms with Crippen molar-refractivity contribution in [3.05, 3.63) is 51.9 Å². The molecule has 0 radical (unpaired) electrons. The Morgan fingerprint density at radius 1 is 1.16 bits per heavy atom. The third-order valence-corrected chi connectivity index (χ3v) is 8.53. The Hall–Kier alpha value is -2.65. The maximum absolute atomic E-state index is 12.0. The lowest BCUT2D eigenvalue weighted by atomic mass is 10.1. The smallest absolute Gasteiger partial charge is 0.176 e. The summed E-state index contributed by atoms with van der Waals surface area (Å²) in [5, 5.41) is 10.8. The zero-order valence-corrected chi connectivity index (χ0v) is 20.1. The van der Waals surface area contributed by atoms with Crippen molar-refractivity contribution in [2.24, 2.45) is 0 Å². The summed E-state index contributed by atoms with van der Waals surface area (Å²) >= 11 is 6.50. The van der Waals surface area contributed by atoms with Crippen molar-refractivity contribution in [3.63, 3.8) is 0 Å². The molecule has 0 saturated carbocycles. The highest BCUT2D eigenvalue weighted by molar-refractivity contribution is 7.91. The molecule has 1 saturated heterocycles. The minimum atomic E-state index is -2.98. The quantitative estimate of drug-likeness (QED) is 0.450. The van der Waals surface area contributed by atoms with E-state index >= 15 is 0 Å². The van der Waals surface area contributed by atoms with Gasteiger partial charge in [0.2, 0.25) is 0 Å². The molecule has 0 N–H and O–H groups in total. The van der Waals surface area contributed by atoms with Crippen LogP contribution < -0.4 is 4.90 Å². The molecular formula is C22H25ClN6O2S. The number of hydrogen-bond donors (Lipinski definition) is 0. The van der Waals surface area contributed by atoms with E-state index in [0.717, 1.165) is 39.4 Å². The second kappa shape index (κ2) is 7.45. The van der Waals surface area contributed by atoms with Gasteiger partial charge in [-0.3, -0.25) is 4.68 Å². The molecule has 1 aliphatic rings. The van der Waals surface area contributed by atoms with Gasteiger partial charge in [0.25, 0.3) is 0 Å². The molecule has 4 aromatic rings. The predicted octanol–water partition coefficient (Wildman–Crippen LogP) is 3.65. The number of nitrogens with zero attached hydrogens (tertiary/aromatic N) is 6. The Balaban J connectivity index is 1.56. The molecule has 4 heterocycles. The molecule has 1 fully saturated rings. The fourth-order valence-electron chi connectivity index (χ4n) is 4.62. The fourth-order valence-corrected chi connectivity index (χ4v) is 6.47. The molecule has 3 aromatic heterocycles. The molecule has 0 bridgehead atoms. The Morgan fingerprint density at radius 2 is 1.91 bits per heavy atom. The zero-order valence-electron chi connectivity index (χ0n) is 18.5. The third kappa shape index (κ3) is 3.34. The van der Waals surface area contributed by atoms with Crippen molar-refractivity contribution in [1.29, 1.82) is 0 Å². The zero-order chi connectivity index (χ0) is 22.8. The van der Waals surface area contributed by atoms with Crippen LogP contribution in [0.25, 0.3) is 16.6 Å². The fraction of sp³-hybridized carbons (Fsp3) is 0.409. The van der Waals surface area contributed by atoms with E-state index in [-0.39, 0.29) is 17.5 Å². The predicted molar refractivity (Wildman–Crippen MR) is 126 cm³/mol. The number of anilines is 1. The van der Waals surface area contributed by atoms with Crippen LogP contribution in [0.4, 0.5) is 5.82 Å². The Morgan fingerprint density at radius 3 is 2.62 bits per heavy atom. The summed E-state index contributed by atoms with van der Waals surface area (Å²) in [4.78, 5) is 6.96. The Bertz CT molecular complexity index is 1470. The lowest BCUT2D eigenvalue weighted by Crippen LogP contribution is -2.20. The molecule has 1 aliphatic heterocycles. The van der Waals surface area contributed by atoms with E-state index in [1.54, 1.807) is 4.52 Å². The summed E-state index contributed by atoms with van der Waals surface area (Å²) in [6.45, 7) is 6.46. The van der Waals surface area contributed by atoms with Crippen LogP contribution in [0.15, 0.2) is 24.3 Å². The molecule has 5 rings (SSSR count). The van der Waals surface area contributed by atoms with Crippen LogP contribution in [0.5, 0.6) is 0 Å². The second-order valence-corrected chi connectivity index (χ2v) is 11.2. The van der Waals surface area contributed by atoms with E-state index in [4.69, 9.17) is 21.7 Å². The topological polar surface area (TPSA) is 85.4 Å². The second-order valence-electron chi connectivity index (χ2n) is 8.59. The summed E-state index contributed by atoms with van der Waals surface area (Å²) in [5.74, 6) is 1.20. The third-order valence-electron chi connectivity index (χ3n) is 6.34. The number of rotatable bonds is 4. The van der Waals surface area contributed by atoms with Gasteiger partial charge in [-0.15, -0.1) is 0 Å². The standard InChI is InChI=1S/C22H25ClN6O2S/c1-13-18(15(3)28(25-13)16-9-10-32(30,31)12-16)11-27(4)21-17-7-5-6-8-19(17)29-22(24-21)20(23)14(2)26-29/h5-8,16H,9-12H2,1-4H3. The number of sulfone groups is 1. The minimum Gasteiger partial charge on any atom is -0.355 e. The van der Waals surface area contributed by atoms with Gasteiger partial charge in [-0.05, 0) is 39.3 Å². The number of fused-ring (bicyclic) bond motifs is 3. The van der Waals surface area contributed by atoms with Crippen LogP contribution in [0.1, 0.15) is 35.1 Å². The number of hydrogen-bond acceptors (Lipinski definition) is 6. The molecule has 0 spiro atoms. The first-order valence-electron chi connectivity index (χ1n) is 10.6. The molecule has 1 unspecified atom stereocenters. The monoisotopic (exact) mass is 472 g/mol.